The average Bonchev–Trinajstić information content (AvgIpc) is 2.45. The van der Waals surface area contributed by atoms with E-state index in [-0.39, 0.29) is 12.2 Å². The lowest BCUT2D eigenvalue weighted by Crippen LogP contribution is -2.20. The Hall–Kier alpha value is -2.51. The number of rotatable bonds is 6. The fourth-order valence-electron chi connectivity index (χ4n) is 1.44. The first kappa shape index (κ1) is 16.5. The molecule has 0 aliphatic heterocycles. The maximum atomic E-state index is 10.8. The highest BCUT2D eigenvalue weighted by molar-refractivity contribution is 9.10. The van der Waals surface area contributed by atoms with Crippen molar-refractivity contribution in [2.45, 2.75) is 6.92 Å². The summed E-state index contributed by atoms with van der Waals surface area (Å²) < 4.78 is 11.3. The number of hydrogen-bond donors (Lipinski definition) is 1. The fraction of sp³-hybridized carbons (Fsp3) is 0.214. The van der Waals surface area contributed by atoms with E-state index in [1.807, 2.05) is 0 Å². The molecule has 0 saturated carbocycles. The summed E-state index contributed by atoms with van der Waals surface area (Å²) in [4.78, 5) is 10.8. The minimum atomic E-state index is -0.603. The van der Waals surface area contributed by atoms with Crippen molar-refractivity contribution in [1.29, 1.82) is 10.5 Å². The number of benzene rings is 1. The predicted octanol–water partition coefficient (Wildman–Crippen LogP) is 2.14. The SMILES string of the molecule is CCOc1cc(C=C(C#N)C#N)c(Br)cc1OCC(N)=O. The molecule has 6 nitrogen and oxygen atoms in total. The van der Waals surface area contributed by atoms with Gasteiger partial charge in [-0.3, -0.25) is 4.79 Å². The number of nitrogens with zero attached hydrogens (tertiary/aromatic N) is 2. The average molecular weight is 350 g/mol. The molecule has 0 fully saturated rings. The van der Waals surface area contributed by atoms with Crippen molar-refractivity contribution in [2.24, 2.45) is 5.73 Å². The molecule has 0 bridgehead atoms. The molecule has 1 amide bonds. The molecule has 2 N–H and O–H groups in total. The molecule has 108 valence electrons. The summed E-state index contributed by atoms with van der Waals surface area (Å²) in [7, 11) is 0. The molecule has 0 radical (unpaired) electrons. The van der Waals surface area contributed by atoms with Gasteiger partial charge in [0, 0.05) is 4.47 Å². The van der Waals surface area contributed by atoms with E-state index in [9.17, 15) is 4.79 Å². The summed E-state index contributed by atoms with van der Waals surface area (Å²) in [5, 5.41) is 17.6. The van der Waals surface area contributed by atoms with Crippen molar-refractivity contribution in [3.8, 4) is 23.6 Å². The second kappa shape index (κ2) is 7.93. The van der Waals surface area contributed by atoms with E-state index in [0.29, 0.717) is 28.1 Å². The van der Waals surface area contributed by atoms with Crippen LogP contribution in [-0.4, -0.2) is 19.1 Å². The normalized spacial score (nSPS) is 9.14. The van der Waals surface area contributed by atoms with E-state index in [2.05, 4.69) is 15.9 Å². The monoisotopic (exact) mass is 349 g/mol. The first-order valence-electron chi connectivity index (χ1n) is 5.91. The number of halogens is 1. The molecule has 0 aliphatic rings. The van der Waals surface area contributed by atoms with E-state index in [1.165, 1.54) is 6.08 Å². The van der Waals surface area contributed by atoms with E-state index in [4.69, 9.17) is 25.7 Å². The highest BCUT2D eigenvalue weighted by Crippen LogP contribution is 2.34. The van der Waals surface area contributed by atoms with E-state index >= 15 is 0 Å². The summed E-state index contributed by atoms with van der Waals surface area (Å²) in [6, 6.07) is 6.76. The van der Waals surface area contributed by atoms with Crippen LogP contribution < -0.4 is 15.2 Å². The molecule has 0 aromatic heterocycles. The molecule has 0 heterocycles. The summed E-state index contributed by atoms with van der Waals surface area (Å²) >= 11 is 3.31. The van der Waals surface area contributed by atoms with Gasteiger partial charge in [-0.1, -0.05) is 15.9 Å². The third kappa shape index (κ3) is 4.83. The number of allylic oxidation sites excluding steroid dienone is 1. The Morgan fingerprint density at radius 1 is 1.33 bits per heavy atom. The summed E-state index contributed by atoms with van der Waals surface area (Å²) in [6.45, 7) is 1.91. The van der Waals surface area contributed by atoms with E-state index < -0.39 is 5.91 Å². The van der Waals surface area contributed by atoms with Crippen LogP contribution in [0, 0.1) is 22.7 Å². The van der Waals surface area contributed by atoms with Crippen molar-refractivity contribution in [1.82, 2.24) is 0 Å². The van der Waals surface area contributed by atoms with E-state index in [1.54, 1.807) is 31.2 Å². The fourth-order valence-corrected chi connectivity index (χ4v) is 1.87. The van der Waals surface area contributed by atoms with Gasteiger partial charge in [0.05, 0.1) is 6.61 Å². The maximum Gasteiger partial charge on any atom is 0.255 e. The number of ether oxygens (including phenoxy) is 2. The van der Waals surface area contributed by atoms with Crippen molar-refractivity contribution in [3.05, 3.63) is 27.7 Å². The molecule has 1 aromatic rings. The minimum Gasteiger partial charge on any atom is -0.490 e. The van der Waals surface area contributed by atoms with Crippen LogP contribution >= 0.6 is 15.9 Å². The number of primary amides is 1. The Labute approximate surface area is 130 Å². The zero-order valence-corrected chi connectivity index (χ0v) is 12.8. The van der Waals surface area contributed by atoms with Gasteiger partial charge in [0.25, 0.3) is 5.91 Å². The van der Waals surface area contributed by atoms with Crippen LogP contribution in [0.15, 0.2) is 22.2 Å². The van der Waals surface area contributed by atoms with Gasteiger partial charge in [0.15, 0.2) is 18.1 Å². The van der Waals surface area contributed by atoms with Gasteiger partial charge in [-0.05, 0) is 30.7 Å². The number of carbonyl (C=O) groups excluding carboxylic acids is 1. The van der Waals surface area contributed by atoms with Gasteiger partial charge in [-0.2, -0.15) is 10.5 Å². The third-order valence-corrected chi connectivity index (χ3v) is 2.96. The molecular formula is C14H12BrN3O3. The van der Waals surface area contributed by atoms with Gasteiger partial charge in [-0.25, -0.2) is 0 Å². The van der Waals surface area contributed by atoms with Crippen LogP contribution in [0.3, 0.4) is 0 Å². The molecule has 1 rings (SSSR count). The standard InChI is InChI=1S/C14H12BrN3O3/c1-2-20-12-4-10(3-9(6-16)7-17)11(15)5-13(12)21-8-14(18)19/h3-5H,2,8H2,1H3,(H2,18,19). The van der Waals surface area contributed by atoms with E-state index in [0.717, 1.165) is 0 Å². The quantitative estimate of drug-likeness (QED) is 0.791. The second-order valence-corrected chi connectivity index (χ2v) is 4.64. The molecule has 21 heavy (non-hydrogen) atoms. The lowest BCUT2D eigenvalue weighted by atomic mass is 10.1. The Morgan fingerprint density at radius 2 is 1.95 bits per heavy atom. The second-order valence-electron chi connectivity index (χ2n) is 3.79. The van der Waals surface area contributed by atoms with Crippen LogP contribution in [0.2, 0.25) is 0 Å². The van der Waals surface area contributed by atoms with Gasteiger partial charge >= 0.3 is 0 Å². The molecule has 0 aliphatic carbocycles. The maximum absolute atomic E-state index is 10.8. The van der Waals surface area contributed by atoms with Crippen LogP contribution in [0.1, 0.15) is 12.5 Å². The predicted molar refractivity (Wildman–Crippen MR) is 79.2 cm³/mol. The summed E-state index contributed by atoms with van der Waals surface area (Å²) in [6.07, 6.45) is 1.42. The first-order valence-corrected chi connectivity index (χ1v) is 6.70. The van der Waals surface area contributed by atoms with Crippen LogP contribution in [-0.2, 0) is 4.79 Å². The molecule has 0 unspecified atom stereocenters. The minimum absolute atomic E-state index is 0.0380. The topological polar surface area (TPSA) is 109 Å². The van der Waals surface area contributed by atoms with Crippen LogP contribution in [0.25, 0.3) is 6.08 Å². The molecule has 0 spiro atoms. The van der Waals surface area contributed by atoms with Gasteiger partial charge in [0.2, 0.25) is 0 Å². The summed E-state index contributed by atoms with van der Waals surface area (Å²) in [5.41, 5.74) is 5.58. The zero-order chi connectivity index (χ0) is 15.8. The first-order chi connectivity index (χ1) is 10.0. The lowest BCUT2D eigenvalue weighted by molar-refractivity contribution is -0.119. The lowest BCUT2D eigenvalue weighted by Gasteiger charge is -2.13. The van der Waals surface area contributed by atoms with Crippen molar-refractivity contribution in [3.63, 3.8) is 0 Å². The Bertz CT molecular complexity index is 641. The highest BCUT2D eigenvalue weighted by Gasteiger charge is 2.11. The van der Waals surface area contributed by atoms with Gasteiger partial charge < -0.3 is 15.2 Å². The number of carbonyl (C=O) groups is 1. The Morgan fingerprint density at radius 3 is 2.48 bits per heavy atom. The number of nitriles is 2. The van der Waals surface area contributed by atoms with Gasteiger partial charge in [-0.15, -0.1) is 0 Å². The molecule has 0 atom stereocenters. The number of hydrogen-bond acceptors (Lipinski definition) is 5. The number of amides is 1. The summed E-state index contributed by atoms with van der Waals surface area (Å²) in [5.74, 6) is 0.132. The number of nitrogens with two attached hydrogens (primary N) is 1. The zero-order valence-electron chi connectivity index (χ0n) is 11.2. The Kier molecular flexibility index (Phi) is 6.25. The highest BCUT2D eigenvalue weighted by atomic mass is 79.9. The molecule has 0 saturated heterocycles. The largest absolute Gasteiger partial charge is 0.490 e. The van der Waals surface area contributed by atoms with Crippen molar-refractivity contribution < 1.29 is 14.3 Å². The van der Waals surface area contributed by atoms with Gasteiger partial charge in [0.1, 0.15) is 17.7 Å². The van der Waals surface area contributed by atoms with Crippen LogP contribution in [0.5, 0.6) is 11.5 Å². The third-order valence-electron chi connectivity index (χ3n) is 2.27. The smallest absolute Gasteiger partial charge is 0.255 e. The molecule has 1 aromatic carbocycles. The molecule has 7 heteroatoms. The molecular weight excluding hydrogens is 338 g/mol. The van der Waals surface area contributed by atoms with Crippen molar-refractivity contribution >= 4 is 27.9 Å². The Balaban J connectivity index is 3.24. The van der Waals surface area contributed by atoms with Crippen LogP contribution in [0.4, 0.5) is 0 Å². The van der Waals surface area contributed by atoms with Crippen molar-refractivity contribution in [2.75, 3.05) is 13.2 Å².